The Hall–Kier alpha value is -3.12. The Morgan fingerprint density at radius 1 is 0.897 bits per heavy atom. The molecule has 0 bridgehead atoms. The summed E-state index contributed by atoms with van der Waals surface area (Å²) in [7, 11) is -3.74. The molecule has 3 aromatic rings. The zero-order chi connectivity index (χ0) is 21.0. The van der Waals surface area contributed by atoms with Crippen LogP contribution in [-0.4, -0.2) is 14.3 Å². The highest BCUT2D eigenvalue weighted by atomic mass is 32.2. The molecule has 2 N–H and O–H groups in total. The van der Waals surface area contributed by atoms with Gasteiger partial charge in [-0.15, -0.1) is 0 Å². The molecule has 3 aromatic carbocycles. The van der Waals surface area contributed by atoms with Crippen molar-refractivity contribution in [2.45, 2.75) is 32.1 Å². The van der Waals surface area contributed by atoms with Gasteiger partial charge in [-0.3, -0.25) is 9.52 Å². The van der Waals surface area contributed by atoms with Gasteiger partial charge in [0.2, 0.25) is 0 Å². The summed E-state index contributed by atoms with van der Waals surface area (Å²) in [6, 6.07) is 19.2. The minimum absolute atomic E-state index is 0.174. The first-order valence-corrected chi connectivity index (χ1v) is 10.9. The third kappa shape index (κ3) is 5.03. The fourth-order valence-corrected chi connectivity index (χ4v) is 3.94. The number of anilines is 2. The number of hydrogen-bond donors (Lipinski definition) is 2. The first kappa shape index (κ1) is 20.6. The van der Waals surface area contributed by atoms with Crippen molar-refractivity contribution < 1.29 is 13.2 Å². The van der Waals surface area contributed by atoms with Crippen molar-refractivity contribution in [3.63, 3.8) is 0 Å². The molecule has 0 saturated carbocycles. The van der Waals surface area contributed by atoms with E-state index < -0.39 is 10.0 Å². The number of rotatable bonds is 6. The maximum absolute atomic E-state index is 12.7. The standard InChI is InChI=1S/C23H24N2O3S/c1-4-18-8-11-20(12-9-18)24-23(26)19-10-7-17(3)22(15-19)25-29(27,28)21-13-5-16(2)6-14-21/h5-15,25H,4H2,1-3H3,(H,24,26). The SMILES string of the molecule is CCc1ccc(NC(=O)c2ccc(C)c(NS(=O)(=O)c3ccc(C)cc3)c2)cc1. The number of benzene rings is 3. The monoisotopic (exact) mass is 408 g/mol. The molecule has 5 nitrogen and oxygen atoms in total. The molecular formula is C23H24N2O3S. The first-order valence-electron chi connectivity index (χ1n) is 9.39. The van der Waals surface area contributed by atoms with E-state index in [0.29, 0.717) is 16.9 Å². The minimum Gasteiger partial charge on any atom is -0.322 e. The average molecular weight is 409 g/mol. The molecule has 0 aromatic heterocycles. The summed E-state index contributed by atoms with van der Waals surface area (Å²) in [5.74, 6) is -0.301. The Labute approximate surface area is 171 Å². The molecule has 150 valence electrons. The van der Waals surface area contributed by atoms with Gasteiger partial charge in [0, 0.05) is 11.3 Å². The lowest BCUT2D eigenvalue weighted by Gasteiger charge is -2.13. The zero-order valence-electron chi connectivity index (χ0n) is 16.7. The molecule has 0 fully saturated rings. The summed E-state index contributed by atoms with van der Waals surface area (Å²) >= 11 is 0. The summed E-state index contributed by atoms with van der Waals surface area (Å²) in [5, 5.41) is 2.84. The number of nitrogens with one attached hydrogen (secondary N) is 2. The molecule has 0 heterocycles. The molecule has 0 atom stereocenters. The lowest BCUT2D eigenvalue weighted by atomic mass is 10.1. The Balaban J connectivity index is 1.81. The summed E-state index contributed by atoms with van der Waals surface area (Å²) in [6.07, 6.45) is 0.927. The lowest BCUT2D eigenvalue weighted by molar-refractivity contribution is 0.102. The summed E-state index contributed by atoms with van der Waals surface area (Å²) < 4.78 is 28.0. The van der Waals surface area contributed by atoms with Gasteiger partial charge in [-0.25, -0.2) is 8.42 Å². The number of carbonyl (C=O) groups excluding carboxylic acids is 1. The predicted molar refractivity (Wildman–Crippen MR) is 117 cm³/mol. The van der Waals surface area contributed by atoms with Gasteiger partial charge in [0.1, 0.15) is 0 Å². The van der Waals surface area contributed by atoms with Crippen molar-refractivity contribution in [1.82, 2.24) is 0 Å². The molecule has 6 heteroatoms. The molecule has 0 aliphatic carbocycles. The smallest absolute Gasteiger partial charge is 0.261 e. The van der Waals surface area contributed by atoms with E-state index in [9.17, 15) is 13.2 Å². The van der Waals surface area contributed by atoms with Crippen LogP contribution in [-0.2, 0) is 16.4 Å². The van der Waals surface area contributed by atoms with Gasteiger partial charge < -0.3 is 5.32 Å². The highest BCUT2D eigenvalue weighted by Crippen LogP contribution is 2.22. The average Bonchev–Trinajstić information content (AvgIpc) is 2.70. The van der Waals surface area contributed by atoms with Crippen LogP contribution in [0.4, 0.5) is 11.4 Å². The Morgan fingerprint density at radius 3 is 2.17 bits per heavy atom. The second-order valence-electron chi connectivity index (χ2n) is 6.95. The van der Waals surface area contributed by atoms with E-state index in [2.05, 4.69) is 17.0 Å². The van der Waals surface area contributed by atoms with Crippen molar-refractivity contribution in [2.75, 3.05) is 10.0 Å². The van der Waals surface area contributed by atoms with Crippen molar-refractivity contribution in [1.29, 1.82) is 0 Å². The molecule has 1 amide bonds. The highest BCUT2D eigenvalue weighted by Gasteiger charge is 2.16. The van der Waals surface area contributed by atoms with E-state index in [4.69, 9.17) is 0 Å². The fraction of sp³-hybridized carbons (Fsp3) is 0.174. The summed E-state index contributed by atoms with van der Waals surface area (Å²) in [4.78, 5) is 12.8. The van der Waals surface area contributed by atoms with Crippen molar-refractivity contribution in [3.05, 3.63) is 89.0 Å². The van der Waals surface area contributed by atoms with E-state index in [-0.39, 0.29) is 10.8 Å². The number of aryl methyl sites for hydroxylation is 3. The largest absolute Gasteiger partial charge is 0.322 e. The van der Waals surface area contributed by atoms with E-state index >= 15 is 0 Å². The van der Waals surface area contributed by atoms with Gasteiger partial charge in [0.25, 0.3) is 15.9 Å². The molecule has 3 rings (SSSR count). The molecule has 0 radical (unpaired) electrons. The number of hydrogen-bond acceptors (Lipinski definition) is 3. The van der Waals surface area contributed by atoms with Gasteiger partial charge in [-0.2, -0.15) is 0 Å². The quantitative estimate of drug-likeness (QED) is 0.608. The van der Waals surface area contributed by atoms with Gasteiger partial charge in [-0.1, -0.05) is 42.8 Å². The summed E-state index contributed by atoms with van der Waals surface area (Å²) in [6.45, 7) is 5.75. The molecule has 0 saturated heterocycles. The predicted octanol–water partition coefficient (Wildman–Crippen LogP) is 4.92. The van der Waals surface area contributed by atoms with E-state index in [1.54, 1.807) is 49.4 Å². The Morgan fingerprint density at radius 2 is 1.55 bits per heavy atom. The minimum atomic E-state index is -3.74. The number of carbonyl (C=O) groups is 1. The Bertz CT molecular complexity index is 1120. The van der Waals surface area contributed by atoms with E-state index in [0.717, 1.165) is 17.5 Å². The van der Waals surface area contributed by atoms with Crippen molar-refractivity contribution in [3.8, 4) is 0 Å². The third-order valence-electron chi connectivity index (χ3n) is 4.70. The molecule has 0 unspecified atom stereocenters. The van der Waals surface area contributed by atoms with E-state index in [1.165, 1.54) is 5.56 Å². The number of sulfonamides is 1. The topological polar surface area (TPSA) is 75.3 Å². The van der Waals surface area contributed by atoms with Gasteiger partial charge in [0.15, 0.2) is 0 Å². The van der Waals surface area contributed by atoms with Gasteiger partial charge >= 0.3 is 0 Å². The maximum atomic E-state index is 12.7. The number of amides is 1. The van der Waals surface area contributed by atoms with Crippen LogP contribution < -0.4 is 10.0 Å². The van der Waals surface area contributed by atoms with Crippen LogP contribution in [0.25, 0.3) is 0 Å². The van der Waals surface area contributed by atoms with Crippen LogP contribution >= 0.6 is 0 Å². The second kappa shape index (κ2) is 8.49. The second-order valence-corrected chi connectivity index (χ2v) is 8.64. The lowest BCUT2D eigenvalue weighted by Crippen LogP contribution is -2.16. The van der Waals surface area contributed by atoms with Gasteiger partial charge in [0.05, 0.1) is 10.6 Å². The van der Waals surface area contributed by atoms with Crippen LogP contribution in [0.2, 0.25) is 0 Å². The van der Waals surface area contributed by atoms with Crippen molar-refractivity contribution >= 4 is 27.3 Å². The highest BCUT2D eigenvalue weighted by molar-refractivity contribution is 7.92. The fourth-order valence-electron chi connectivity index (χ4n) is 2.82. The third-order valence-corrected chi connectivity index (χ3v) is 6.08. The van der Waals surface area contributed by atoms with Crippen LogP contribution in [0.1, 0.15) is 34.0 Å². The molecule has 0 aliphatic rings. The van der Waals surface area contributed by atoms with E-state index in [1.807, 2.05) is 31.2 Å². The first-order chi connectivity index (χ1) is 13.8. The normalized spacial score (nSPS) is 11.1. The zero-order valence-corrected chi connectivity index (χ0v) is 17.5. The molecule has 0 aliphatic heterocycles. The van der Waals surface area contributed by atoms with Crippen LogP contribution in [0.5, 0.6) is 0 Å². The molecular weight excluding hydrogens is 384 g/mol. The van der Waals surface area contributed by atoms with Crippen LogP contribution in [0.15, 0.2) is 71.6 Å². The van der Waals surface area contributed by atoms with Crippen LogP contribution in [0.3, 0.4) is 0 Å². The Kier molecular flexibility index (Phi) is 6.03. The maximum Gasteiger partial charge on any atom is 0.261 e. The van der Waals surface area contributed by atoms with Crippen molar-refractivity contribution in [2.24, 2.45) is 0 Å². The van der Waals surface area contributed by atoms with Crippen LogP contribution in [0, 0.1) is 13.8 Å². The molecule has 29 heavy (non-hydrogen) atoms. The summed E-state index contributed by atoms with van der Waals surface area (Å²) in [5.41, 5.74) is 4.33. The van der Waals surface area contributed by atoms with Gasteiger partial charge in [-0.05, 0) is 67.8 Å². The molecule has 0 spiro atoms.